The molecule has 9 nitrogen and oxygen atoms in total. The molecule has 1 saturated heterocycles. The second kappa shape index (κ2) is 10.6. The molecule has 5 rings (SSSR count). The molecule has 1 aliphatic heterocycles. The van der Waals surface area contributed by atoms with Crippen molar-refractivity contribution in [1.29, 1.82) is 0 Å². The van der Waals surface area contributed by atoms with Crippen LogP contribution in [0.25, 0.3) is 11.5 Å². The van der Waals surface area contributed by atoms with Crippen LogP contribution in [0.2, 0.25) is 0 Å². The van der Waals surface area contributed by atoms with E-state index in [0.717, 1.165) is 23.1 Å². The van der Waals surface area contributed by atoms with Crippen LogP contribution in [0.4, 0.5) is 0 Å². The van der Waals surface area contributed by atoms with Crippen LogP contribution in [0.1, 0.15) is 35.9 Å². The second-order valence-electron chi connectivity index (χ2n) is 9.05. The van der Waals surface area contributed by atoms with Crippen molar-refractivity contribution in [2.75, 3.05) is 6.54 Å². The highest BCUT2D eigenvalue weighted by Gasteiger charge is 2.38. The largest absolute Gasteiger partial charge is 0.418 e. The van der Waals surface area contributed by atoms with Crippen molar-refractivity contribution >= 4 is 15.9 Å². The Kier molecular flexibility index (Phi) is 7.11. The van der Waals surface area contributed by atoms with Gasteiger partial charge in [0.05, 0.1) is 4.90 Å². The third kappa shape index (κ3) is 5.60. The van der Waals surface area contributed by atoms with Gasteiger partial charge in [0.25, 0.3) is 0 Å². The summed E-state index contributed by atoms with van der Waals surface area (Å²) >= 11 is 0. The van der Waals surface area contributed by atoms with Crippen LogP contribution in [0.15, 0.2) is 88.4 Å². The van der Waals surface area contributed by atoms with Gasteiger partial charge < -0.3 is 9.32 Å². The molecule has 0 radical (unpaired) electrons. The van der Waals surface area contributed by atoms with Gasteiger partial charge in [0.2, 0.25) is 27.7 Å². The van der Waals surface area contributed by atoms with Crippen molar-refractivity contribution < 1.29 is 17.6 Å². The lowest BCUT2D eigenvalue weighted by molar-refractivity contribution is -0.134. The minimum atomic E-state index is -3.94. The lowest BCUT2D eigenvalue weighted by Gasteiger charge is -2.27. The van der Waals surface area contributed by atoms with Gasteiger partial charge in [-0.2, -0.15) is 4.72 Å². The zero-order chi connectivity index (χ0) is 25.8. The molecule has 10 heteroatoms. The molecule has 2 unspecified atom stereocenters. The Morgan fingerprint density at radius 2 is 1.78 bits per heavy atom. The van der Waals surface area contributed by atoms with E-state index >= 15 is 0 Å². The highest BCUT2D eigenvalue weighted by Crippen LogP contribution is 2.33. The number of benzene rings is 2. The van der Waals surface area contributed by atoms with E-state index in [2.05, 4.69) is 19.9 Å². The molecule has 2 atom stereocenters. The Hall–Kier alpha value is -3.89. The van der Waals surface area contributed by atoms with Gasteiger partial charge in [-0.25, -0.2) is 8.42 Å². The standard InChI is InChI=1S/C27H27N5O4S/c1-19-9-11-22(12-10-19)37(34,35)31-23(18-20-6-3-2-4-7-20)27(33)32-17-5-8-24(32)26-30-29-25(36-26)21-13-15-28-16-14-21/h2-4,6-7,9-16,23-24,31H,5,8,17-18H2,1H3. The molecule has 2 aromatic heterocycles. The summed E-state index contributed by atoms with van der Waals surface area (Å²) in [6.07, 6.45) is 4.87. The number of carbonyl (C=O) groups is 1. The van der Waals surface area contributed by atoms with Crippen LogP contribution in [0.5, 0.6) is 0 Å². The summed E-state index contributed by atoms with van der Waals surface area (Å²) in [5.74, 6) is 0.348. The predicted molar refractivity (Wildman–Crippen MR) is 137 cm³/mol. The molecule has 0 spiro atoms. The Bertz CT molecular complexity index is 1460. The summed E-state index contributed by atoms with van der Waals surface area (Å²) in [5.41, 5.74) is 2.53. The molecule has 190 valence electrons. The smallest absolute Gasteiger partial charge is 0.247 e. The average Bonchev–Trinajstić information content (AvgIpc) is 3.59. The van der Waals surface area contributed by atoms with Gasteiger partial charge in [-0.1, -0.05) is 48.0 Å². The number of nitrogens with one attached hydrogen (secondary N) is 1. The SMILES string of the molecule is Cc1ccc(S(=O)(=O)NC(Cc2ccccc2)C(=O)N2CCCC2c2nnc(-c3ccncc3)o2)cc1. The van der Waals surface area contributed by atoms with Crippen molar-refractivity contribution in [2.24, 2.45) is 0 Å². The Balaban J connectivity index is 1.42. The number of aryl methyl sites for hydroxylation is 1. The number of hydrogen-bond acceptors (Lipinski definition) is 7. The lowest BCUT2D eigenvalue weighted by atomic mass is 10.1. The number of pyridine rings is 1. The van der Waals surface area contributed by atoms with Gasteiger partial charge in [0, 0.05) is 24.5 Å². The minimum absolute atomic E-state index is 0.112. The third-order valence-corrected chi connectivity index (χ3v) is 7.89. The van der Waals surface area contributed by atoms with Gasteiger partial charge in [-0.15, -0.1) is 10.2 Å². The molecule has 2 aromatic carbocycles. The summed E-state index contributed by atoms with van der Waals surface area (Å²) in [5, 5.41) is 8.36. The van der Waals surface area contributed by atoms with Crippen LogP contribution < -0.4 is 4.72 Å². The van der Waals surface area contributed by atoms with Crippen LogP contribution in [-0.2, 0) is 21.2 Å². The van der Waals surface area contributed by atoms with E-state index in [-0.39, 0.29) is 17.2 Å². The van der Waals surface area contributed by atoms with E-state index < -0.39 is 22.1 Å². The monoisotopic (exact) mass is 517 g/mol. The second-order valence-corrected chi connectivity index (χ2v) is 10.8. The van der Waals surface area contributed by atoms with E-state index in [0.29, 0.717) is 24.7 Å². The lowest BCUT2D eigenvalue weighted by Crippen LogP contribution is -2.49. The first kappa shape index (κ1) is 24.8. The van der Waals surface area contributed by atoms with Crippen molar-refractivity contribution in [3.63, 3.8) is 0 Å². The van der Waals surface area contributed by atoms with E-state index in [1.54, 1.807) is 53.7 Å². The highest BCUT2D eigenvalue weighted by atomic mass is 32.2. The molecule has 0 bridgehead atoms. The average molecular weight is 518 g/mol. The third-order valence-electron chi connectivity index (χ3n) is 6.40. The molecule has 37 heavy (non-hydrogen) atoms. The summed E-state index contributed by atoms with van der Waals surface area (Å²) in [4.78, 5) is 19.6. The maximum absolute atomic E-state index is 13.9. The molecule has 1 fully saturated rings. The van der Waals surface area contributed by atoms with Crippen molar-refractivity contribution in [1.82, 2.24) is 24.8 Å². The zero-order valence-corrected chi connectivity index (χ0v) is 21.1. The Morgan fingerprint density at radius 3 is 2.51 bits per heavy atom. The number of nitrogens with zero attached hydrogens (tertiary/aromatic N) is 4. The normalized spacial score (nSPS) is 16.6. The predicted octanol–water partition coefficient (Wildman–Crippen LogP) is 3.69. The first-order chi connectivity index (χ1) is 17.9. The topological polar surface area (TPSA) is 118 Å². The number of rotatable bonds is 8. The Labute approximate surface area is 215 Å². The fraction of sp³-hybridized carbons (Fsp3) is 0.259. The maximum atomic E-state index is 13.9. The number of likely N-dealkylation sites (tertiary alicyclic amines) is 1. The molecule has 0 aliphatic carbocycles. The highest BCUT2D eigenvalue weighted by molar-refractivity contribution is 7.89. The van der Waals surface area contributed by atoms with Crippen LogP contribution in [0, 0.1) is 6.92 Å². The van der Waals surface area contributed by atoms with Gasteiger partial charge in [0.15, 0.2) is 0 Å². The first-order valence-electron chi connectivity index (χ1n) is 12.1. The number of hydrogen-bond donors (Lipinski definition) is 1. The fourth-order valence-corrected chi connectivity index (χ4v) is 5.66. The van der Waals surface area contributed by atoms with Crippen LogP contribution >= 0.6 is 0 Å². The van der Waals surface area contributed by atoms with Gasteiger partial charge in [-0.3, -0.25) is 9.78 Å². The molecular weight excluding hydrogens is 490 g/mol. The summed E-state index contributed by atoms with van der Waals surface area (Å²) < 4.78 is 35.1. The number of sulfonamides is 1. The van der Waals surface area contributed by atoms with Gasteiger partial charge >= 0.3 is 0 Å². The molecular formula is C27H27N5O4S. The molecule has 1 aliphatic rings. The number of carbonyl (C=O) groups excluding carboxylic acids is 1. The quantitative estimate of drug-likeness (QED) is 0.379. The molecule has 1 N–H and O–H groups in total. The number of aromatic nitrogens is 3. The maximum Gasteiger partial charge on any atom is 0.247 e. The Morgan fingerprint density at radius 1 is 1.05 bits per heavy atom. The van der Waals surface area contributed by atoms with Gasteiger partial charge in [0.1, 0.15) is 12.1 Å². The summed E-state index contributed by atoms with van der Waals surface area (Å²) in [6, 6.07) is 18.0. The van der Waals surface area contributed by atoms with Gasteiger partial charge in [-0.05, 0) is 56.0 Å². The van der Waals surface area contributed by atoms with Crippen molar-refractivity contribution in [3.8, 4) is 11.5 Å². The minimum Gasteiger partial charge on any atom is -0.418 e. The fourth-order valence-electron chi connectivity index (χ4n) is 4.47. The first-order valence-corrected chi connectivity index (χ1v) is 13.6. The van der Waals surface area contributed by atoms with E-state index in [4.69, 9.17) is 4.42 Å². The molecule has 0 saturated carbocycles. The van der Waals surface area contributed by atoms with E-state index in [9.17, 15) is 13.2 Å². The molecule has 3 heterocycles. The van der Waals surface area contributed by atoms with Crippen LogP contribution in [0.3, 0.4) is 0 Å². The zero-order valence-electron chi connectivity index (χ0n) is 20.3. The van der Waals surface area contributed by atoms with E-state index in [1.165, 1.54) is 0 Å². The number of amides is 1. The summed E-state index contributed by atoms with van der Waals surface area (Å²) in [6.45, 7) is 2.35. The molecule has 4 aromatic rings. The van der Waals surface area contributed by atoms with Crippen LogP contribution in [-0.4, -0.2) is 47.0 Å². The van der Waals surface area contributed by atoms with Crippen molar-refractivity contribution in [3.05, 3.63) is 96.1 Å². The van der Waals surface area contributed by atoms with Crippen molar-refractivity contribution in [2.45, 2.75) is 43.2 Å². The van der Waals surface area contributed by atoms with E-state index in [1.807, 2.05) is 37.3 Å². The molecule has 1 amide bonds. The summed E-state index contributed by atoms with van der Waals surface area (Å²) in [7, 11) is -3.94.